The van der Waals surface area contributed by atoms with Crippen molar-refractivity contribution in [2.24, 2.45) is 11.7 Å². The molecule has 1 aromatic carbocycles. The van der Waals surface area contributed by atoms with Gasteiger partial charge in [0.25, 0.3) is 0 Å². The average Bonchev–Trinajstić information content (AvgIpc) is 2.70. The van der Waals surface area contributed by atoms with Gasteiger partial charge in [0.2, 0.25) is 0 Å². The third kappa shape index (κ3) is 2.18. The van der Waals surface area contributed by atoms with Gasteiger partial charge in [-0.15, -0.1) is 0 Å². The summed E-state index contributed by atoms with van der Waals surface area (Å²) in [5.41, 5.74) is 8.38. The van der Waals surface area contributed by atoms with Gasteiger partial charge in [-0.1, -0.05) is 22.0 Å². The van der Waals surface area contributed by atoms with Gasteiger partial charge in [-0.2, -0.15) is 0 Å². The zero-order chi connectivity index (χ0) is 10.8. The lowest BCUT2D eigenvalue weighted by molar-refractivity contribution is 0.602. The Hall–Kier alpha value is -0.540. The first-order chi connectivity index (χ1) is 7.22. The molecule has 2 rings (SSSR count). The summed E-state index contributed by atoms with van der Waals surface area (Å²) in [6.45, 7) is 5.21. The molecule has 1 aromatic rings. The minimum absolute atomic E-state index is 0.670. The third-order valence-electron chi connectivity index (χ3n) is 3.20. The van der Waals surface area contributed by atoms with E-state index in [4.69, 9.17) is 5.73 Å². The van der Waals surface area contributed by atoms with Gasteiger partial charge in [0.15, 0.2) is 0 Å². The molecule has 3 heteroatoms. The Morgan fingerprint density at radius 2 is 2.33 bits per heavy atom. The van der Waals surface area contributed by atoms with Gasteiger partial charge in [-0.05, 0) is 43.5 Å². The molecule has 1 atom stereocenters. The topological polar surface area (TPSA) is 29.3 Å². The van der Waals surface area contributed by atoms with Crippen LogP contribution in [0.5, 0.6) is 0 Å². The minimum Gasteiger partial charge on any atom is -0.371 e. The van der Waals surface area contributed by atoms with Crippen molar-refractivity contribution in [1.82, 2.24) is 0 Å². The summed E-state index contributed by atoms with van der Waals surface area (Å²) in [4.78, 5) is 2.44. The average molecular weight is 269 g/mol. The van der Waals surface area contributed by atoms with E-state index in [0.29, 0.717) is 5.92 Å². The molecular weight excluding hydrogens is 252 g/mol. The zero-order valence-electron chi connectivity index (χ0n) is 9.04. The Labute approximate surface area is 99.6 Å². The lowest BCUT2D eigenvalue weighted by atomic mass is 10.1. The van der Waals surface area contributed by atoms with E-state index in [1.165, 1.54) is 22.1 Å². The van der Waals surface area contributed by atoms with Crippen molar-refractivity contribution in [3.05, 3.63) is 28.2 Å². The maximum Gasteiger partial charge on any atom is 0.0407 e. The normalized spacial score (nSPS) is 21.0. The molecule has 1 unspecified atom stereocenters. The summed E-state index contributed by atoms with van der Waals surface area (Å²) in [6.07, 6.45) is 1.22. The van der Waals surface area contributed by atoms with Crippen molar-refractivity contribution >= 4 is 21.6 Å². The number of rotatable bonds is 2. The minimum atomic E-state index is 0.670. The fourth-order valence-corrected chi connectivity index (χ4v) is 2.54. The van der Waals surface area contributed by atoms with E-state index in [1.807, 2.05) is 0 Å². The first-order valence-corrected chi connectivity index (χ1v) is 6.22. The number of halogens is 1. The van der Waals surface area contributed by atoms with Gasteiger partial charge in [-0.3, -0.25) is 0 Å². The summed E-state index contributed by atoms with van der Waals surface area (Å²) < 4.78 is 1.19. The predicted octanol–water partition coefficient (Wildman–Crippen LogP) is 2.54. The molecule has 0 saturated carbocycles. The van der Waals surface area contributed by atoms with E-state index < -0.39 is 0 Å². The van der Waals surface area contributed by atoms with Crippen LogP contribution in [-0.2, 0) is 0 Å². The predicted molar refractivity (Wildman–Crippen MR) is 68.3 cm³/mol. The standard InChI is InChI=1S/C12H17BrN2/c1-9-11(13)3-2-4-12(9)15-6-5-10(7-14)8-15/h2-4,10H,5-8,14H2,1H3. The molecule has 2 N–H and O–H groups in total. The Morgan fingerprint density at radius 3 is 3.00 bits per heavy atom. The zero-order valence-corrected chi connectivity index (χ0v) is 10.6. The third-order valence-corrected chi connectivity index (χ3v) is 4.06. The first kappa shape index (κ1) is 11.0. The number of hydrogen-bond acceptors (Lipinski definition) is 2. The molecule has 1 aliphatic rings. The lowest BCUT2D eigenvalue weighted by Crippen LogP contribution is -2.23. The van der Waals surface area contributed by atoms with Crippen LogP contribution in [0.1, 0.15) is 12.0 Å². The molecule has 1 fully saturated rings. The highest BCUT2D eigenvalue weighted by atomic mass is 79.9. The number of anilines is 1. The second-order valence-corrected chi connectivity index (χ2v) is 5.07. The highest BCUT2D eigenvalue weighted by Crippen LogP contribution is 2.30. The van der Waals surface area contributed by atoms with E-state index in [2.05, 4.69) is 46.0 Å². The van der Waals surface area contributed by atoms with Crippen molar-refractivity contribution in [1.29, 1.82) is 0 Å². The molecule has 1 heterocycles. The molecule has 1 aliphatic heterocycles. The highest BCUT2D eigenvalue weighted by molar-refractivity contribution is 9.10. The molecule has 0 aliphatic carbocycles. The monoisotopic (exact) mass is 268 g/mol. The van der Waals surface area contributed by atoms with Crippen LogP contribution >= 0.6 is 15.9 Å². The molecule has 0 radical (unpaired) electrons. The summed E-state index contributed by atoms with van der Waals surface area (Å²) in [7, 11) is 0. The van der Waals surface area contributed by atoms with Crippen LogP contribution in [0.25, 0.3) is 0 Å². The quantitative estimate of drug-likeness (QED) is 0.894. The van der Waals surface area contributed by atoms with Gasteiger partial charge >= 0.3 is 0 Å². The van der Waals surface area contributed by atoms with Crippen molar-refractivity contribution in [3.63, 3.8) is 0 Å². The summed E-state index contributed by atoms with van der Waals surface area (Å²) in [5.74, 6) is 0.670. The molecular formula is C12H17BrN2. The fourth-order valence-electron chi connectivity index (χ4n) is 2.18. The molecule has 1 saturated heterocycles. The smallest absolute Gasteiger partial charge is 0.0407 e. The second kappa shape index (κ2) is 4.54. The van der Waals surface area contributed by atoms with Crippen LogP contribution in [0.15, 0.2) is 22.7 Å². The molecule has 82 valence electrons. The Morgan fingerprint density at radius 1 is 1.53 bits per heavy atom. The number of benzene rings is 1. The maximum atomic E-state index is 5.71. The Bertz CT molecular complexity index is 351. The number of nitrogens with two attached hydrogens (primary N) is 1. The fraction of sp³-hybridized carbons (Fsp3) is 0.500. The lowest BCUT2D eigenvalue weighted by Gasteiger charge is -2.21. The highest BCUT2D eigenvalue weighted by Gasteiger charge is 2.22. The molecule has 2 nitrogen and oxygen atoms in total. The largest absolute Gasteiger partial charge is 0.371 e. The van der Waals surface area contributed by atoms with Crippen LogP contribution in [0.3, 0.4) is 0 Å². The first-order valence-electron chi connectivity index (χ1n) is 5.42. The van der Waals surface area contributed by atoms with Crippen molar-refractivity contribution in [2.45, 2.75) is 13.3 Å². The van der Waals surface area contributed by atoms with Crippen LogP contribution in [0, 0.1) is 12.8 Å². The van der Waals surface area contributed by atoms with Crippen molar-refractivity contribution < 1.29 is 0 Å². The van der Waals surface area contributed by atoms with E-state index >= 15 is 0 Å². The molecule has 0 spiro atoms. The van der Waals surface area contributed by atoms with Gasteiger partial charge in [0.05, 0.1) is 0 Å². The number of nitrogens with zero attached hydrogens (tertiary/aromatic N) is 1. The molecule has 0 bridgehead atoms. The summed E-state index contributed by atoms with van der Waals surface area (Å²) >= 11 is 3.57. The summed E-state index contributed by atoms with van der Waals surface area (Å²) in [5, 5.41) is 0. The van der Waals surface area contributed by atoms with Crippen LogP contribution in [0.2, 0.25) is 0 Å². The number of hydrogen-bond donors (Lipinski definition) is 1. The van der Waals surface area contributed by atoms with Crippen molar-refractivity contribution in [3.8, 4) is 0 Å². The van der Waals surface area contributed by atoms with Crippen LogP contribution < -0.4 is 10.6 Å². The van der Waals surface area contributed by atoms with Gasteiger partial charge in [0.1, 0.15) is 0 Å². The van der Waals surface area contributed by atoms with Crippen molar-refractivity contribution in [2.75, 3.05) is 24.5 Å². The Kier molecular flexibility index (Phi) is 3.32. The second-order valence-electron chi connectivity index (χ2n) is 4.22. The van der Waals surface area contributed by atoms with Gasteiger partial charge in [0, 0.05) is 23.2 Å². The van der Waals surface area contributed by atoms with Crippen LogP contribution in [0.4, 0.5) is 5.69 Å². The summed E-state index contributed by atoms with van der Waals surface area (Å²) in [6, 6.07) is 6.39. The Balaban J connectivity index is 2.20. The van der Waals surface area contributed by atoms with E-state index in [0.717, 1.165) is 19.6 Å². The van der Waals surface area contributed by atoms with Crippen LogP contribution in [-0.4, -0.2) is 19.6 Å². The molecule has 15 heavy (non-hydrogen) atoms. The maximum absolute atomic E-state index is 5.71. The van der Waals surface area contributed by atoms with Gasteiger partial charge < -0.3 is 10.6 Å². The van der Waals surface area contributed by atoms with E-state index in [1.54, 1.807) is 0 Å². The molecule has 0 aromatic heterocycles. The molecule has 0 amide bonds. The van der Waals surface area contributed by atoms with E-state index in [-0.39, 0.29) is 0 Å². The van der Waals surface area contributed by atoms with Gasteiger partial charge in [-0.25, -0.2) is 0 Å². The van der Waals surface area contributed by atoms with E-state index in [9.17, 15) is 0 Å². The SMILES string of the molecule is Cc1c(Br)cccc1N1CCC(CN)C1.